The number of fused-ring (bicyclic) bond motifs is 1. The fraction of sp³-hybridized carbons (Fsp3) is 0.417. The van der Waals surface area contributed by atoms with Crippen molar-refractivity contribution in [3.05, 3.63) is 34.2 Å². The number of aromatic nitrogens is 2. The predicted octanol–water partition coefficient (Wildman–Crippen LogP) is 3.46. The number of aryl methyl sites for hydroxylation is 1. The van der Waals surface area contributed by atoms with Gasteiger partial charge in [0.05, 0.1) is 5.69 Å². The van der Waals surface area contributed by atoms with E-state index in [4.69, 9.17) is 4.98 Å². The first kappa shape index (κ1) is 9.40. The molecule has 2 heterocycles. The molecule has 0 bridgehead atoms. The Bertz CT molecular complexity index is 538. The largest absolute Gasteiger partial charge is 0.294 e. The van der Waals surface area contributed by atoms with Gasteiger partial charge in [0, 0.05) is 11.6 Å². The summed E-state index contributed by atoms with van der Waals surface area (Å²) in [5, 5.41) is 0. The number of rotatable bonds is 1. The van der Waals surface area contributed by atoms with Crippen LogP contribution in [0.15, 0.2) is 22.9 Å². The second-order valence-corrected chi connectivity index (χ2v) is 5.45. The van der Waals surface area contributed by atoms with Gasteiger partial charge in [0.15, 0.2) is 0 Å². The summed E-state index contributed by atoms with van der Waals surface area (Å²) in [4.78, 5) is 4.76. The van der Waals surface area contributed by atoms with Crippen molar-refractivity contribution >= 4 is 21.6 Å². The fourth-order valence-electron chi connectivity index (χ4n) is 1.98. The van der Waals surface area contributed by atoms with Crippen molar-refractivity contribution < 1.29 is 0 Å². The van der Waals surface area contributed by atoms with Crippen molar-refractivity contribution in [2.75, 3.05) is 0 Å². The third-order valence-corrected chi connectivity index (χ3v) is 4.12. The molecule has 1 aliphatic carbocycles. The molecule has 78 valence electrons. The lowest BCUT2D eigenvalue weighted by Crippen LogP contribution is -2.00. The van der Waals surface area contributed by atoms with Crippen LogP contribution in [0.25, 0.3) is 5.65 Å². The van der Waals surface area contributed by atoms with E-state index in [1.807, 2.05) is 0 Å². The molecule has 15 heavy (non-hydrogen) atoms. The van der Waals surface area contributed by atoms with Crippen molar-refractivity contribution in [3.8, 4) is 0 Å². The average molecular weight is 265 g/mol. The number of hydrogen-bond donors (Lipinski definition) is 0. The van der Waals surface area contributed by atoms with Crippen molar-refractivity contribution in [2.45, 2.75) is 32.1 Å². The van der Waals surface area contributed by atoms with Crippen LogP contribution in [-0.2, 0) is 5.41 Å². The molecule has 3 heteroatoms. The zero-order chi connectivity index (χ0) is 10.6. The zero-order valence-electron chi connectivity index (χ0n) is 8.92. The Balaban J connectivity index is 2.34. The van der Waals surface area contributed by atoms with Crippen LogP contribution in [-0.4, -0.2) is 9.38 Å². The summed E-state index contributed by atoms with van der Waals surface area (Å²) in [6.45, 7) is 4.39. The number of halogens is 1. The predicted molar refractivity (Wildman–Crippen MR) is 64.2 cm³/mol. The molecule has 3 rings (SSSR count). The first-order chi connectivity index (χ1) is 7.12. The van der Waals surface area contributed by atoms with Gasteiger partial charge in [-0.3, -0.25) is 4.40 Å². The lowest BCUT2D eigenvalue weighted by Gasteiger charge is -2.03. The Hall–Kier alpha value is -0.830. The summed E-state index contributed by atoms with van der Waals surface area (Å²) >= 11 is 3.66. The van der Waals surface area contributed by atoms with Crippen molar-refractivity contribution in [2.24, 2.45) is 0 Å². The van der Waals surface area contributed by atoms with E-state index >= 15 is 0 Å². The van der Waals surface area contributed by atoms with Gasteiger partial charge >= 0.3 is 0 Å². The second-order valence-electron chi connectivity index (χ2n) is 4.70. The van der Waals surface area contributed by atoms with Crippen LogP contribution in [0.4, 0.5) is 0 Å². The molecule has 0 aliphatic heterocycles. The lowest BCUT2D eigenvalue weighted by molar-refractivity contribution is 0.752. The van der Waals surface area contributed by atoms with Crippen molar-refractivity contribution in [1.82, 2.24) is 9.38 Å². The maximum Gasteiger partial charge on any atom is 0.140 e. The Labute approximate surface area is 97.5 Å². The molecule has 0 N–H and O–H groups in total. The summed E-state index contributed by atoms with van der Waals surface area (Å²) in [6, 6.07) is 4.17. The molecular weight excluding hydrogens is 252 g/mol. The topological polar surface area (TPSA) is 17.3 Å². The Kier molecular flexibility index (Phi) is 1.78. The molecule has 2 nitrogen and oxygen atoms in total. The van der Waals surface area contributed by atoms with Crippen molar-refractivity contribution in [1.29, 1.82) is 0 Å². The molecule has 0 radical (unpaired) electrons. The van der Waals surface area contributed by atoms with Gasteiger partial charge in [0.25, 0.3) is 0 Å². The van der Waals surface area contributed by atoms with Gasteiger partial charge in [-0.2, -0.15) is 0 Å². The molecule has 0 aromatic carbocycles. The van der Waals surface area contributed by atoms with Crippen molar-refractivity contribution in [3.63, 3.8) is 0 Å². The molecule has 2 aromatic heterocycles. The third kappa shape index (κ3) is 1.26. The van der Waals surface area contributed by atoms with Gasteiger partial charge in [0.2, 0.25) is 0 Å². The number of nitrogens with zero attached hydrogens (tertiary/aromatic N) is 2. The average Bonchev–Trinajstić information content (AvgIpc) is 2.85. The highest BCUT2D eigenvalue weighted by atomic mass is 79.9. The highest BCUT2D eigenvalue weighted by Gasteiger charge is 2.43. The second kappa shape index (κ2) is 2.85. The summed E-state index contributed by atoms with van der Waals surface area (Å²) in [7, 11) is 0. The zero-order valence-corrected chi connectivity index (χ0v) is 10.5. The number of pyridine rings is 1. The first-order valence-electron chi connectivity index (χ1n) is 5.25. The fourth-order valence-corrected chi connectivity index (χ4v) is 2.84. The molecule has 2 aromatic rings. The highest BCUT2D eigenvalue weighted by molar-refractivity contribution is 9.10. The van der Waals surface area contributed by atoms with E-state index in [9.17, 15) is 0 Å². The van der Waals surface area contributed by atoms with Gasteiger partial charge in [-0.05, 0) is 47.3 Å². The van der Waals surface area contributed by atoms with Crippen LogP contribution in [0.5, 0.6) is 0 Å². The summed E-state index contributed by atoms with van der Waals surface area (Å²) in [5.41, 5.74) is 3.84. The monoisotopic (exact) mass is 264 g/mol. The van der Waals surface area contributed by atoms with Crippen LogP contribution in [0.3, 0.4) is 0 Å². The minimum atomic E-state index is 0.317. The van der Waals surface area contributed by atoms with E-state index in [0.29, 0.717) is 5.41 Å². The number of imidazole rings is 1. The van der Waals surface area contributed by atoms with Crippen LogP contribution in [0.2, 0.25) is 0 Å². The number of hydrogen-bond acceptors (Lipinski definition) is 1. The molecule has 0 atom stereocenters. The summed E-state index contributed by atoms with van der Waals surface area (Å²) in [5.74, 6) is 0. The maximum atomic E-state index is 4.76. The lowest BCUT2D eigenvalue weighted by atomic mass is 10.1. The van der Waals surface area contributed by atoms with Gasteiger partial charge in [0.1, 0.15) is 10.3 Å². The molecule has 1 fully saturated rings. The van der Waals surface area contributed by atoms with E-state index in [1.165, 1.54) is 24.1 Å². The van der Waals surface area contributed by atoms with Crippen LogP contribution < -0.4 is 0 Å². The third-order valence-electron chi connectivity index (χ3n) is 3.36. The van der Waals surface area contributed by atoms with E-state index in [0.717, 1.165) is 10.3 Å². The molecule has 0 spiro atoms. The normalized spacial score (nSPS) is 18.3. The Morgan fingerprint density at radius 1 is 1.47 bits per heavy atom. The van der Waals surface area contributed by atoms with Gasteiger partial charge in [-0.15, -0.1) is 0 Å². The maximum absolute atomic E-state index is 4.76. The first-order valence-corrected chi connectivity index (χ1v) is 6.05. The van der Waals surface area contributed by atoms with Gasteiger partial charge in [-0.25, -0.2) is 4.98 Å². The molecule has 0 amide bonds. The molecule has 1 saturated carbocycles. The minimum absolute atomic E-state index is 0.317. The van der Waals surface area contributed by atoms with E-state index in [2.05, 4.69) is 52.5 Å². The molecular formula is C12H13BrN2. The smallest absolute Gasteiger partial charge is 0.140 e. The van der Waals surface area contributed by atoms with E-state index < -0.39 is 0 Å². The highest BCUT2D eigenvalue weighted by Crippen LogP contribution is 2.49. The quantitative estimate of drug-likeness (QED) is 0.771. The summed E-state index contributed by atoms with van der Waals surface area (Å²) < 4.78 is 3.26. The SMILES string of the molecule is Cc1cccn2c(Br)c(C3(C)CC3)nc12. The van der Waals surface area contributed by atoms with Crippen LogP contribution >= 0.6 is 15.9 Å². The van der Waals surface area contributed by atoms with Gasteiger partial charge < -0.3 is 0 Å². The molecule has 1 aliphatic rings. The van der Waals surface area contributed by atoms with Gasteiger partial charge in [-0.1, -0.05) is 13.0 Å². The minimum Gasteiger partial charge on any atom is -0.294 e. The van der Waals surface area contributed by atoms with E-state index in [-0.39, 0.29) is 0 Å². The molecule has 0 saturated heterocycles. The standard InChI is InChI=1S/C12H13BrN2/c1-8-4-3-7-15-10(13)9(14-11(8)15)12(2)5-6-12/h3-4,7H,5-6H2,1-2H3. The Morgan fingerprint density at radius 3 is 2.80 bits per heavy atom. The van der Waals surface area contributed by atoms with Crippen LogP contribution in [0, 0.1) is 6.92 Å². The van der Waals surface area contributed by atoms with E-state index in [1.54, 1.807) is 0 Å². The Morgan fingerprint density at radius 2 is 2.20 bits per heavy atom. The summed E-state index contributed by atoms with van der Waals surface area (Å²) in [6.07, 6.45) is 4.58. The van der Waals surface area contributed by atoms with Crippen LogP contribution in [0.1, 0.15) is 31.0 Å². The molecule has 0 unspecified atom stereocenters.